The zero-order chi connectivity index (χ0) is 19.5. The molecule has 4 heterocycles. The Hall–Kier alpha value is -3.25. The van der Waals surface area contributed by atoms with Crippen molar-refractivity contribution >= 4 is 17.8 Å². The number of hydrogen-bond donors (Lipinski definition) is 2. The zero-order valence-electron chi connectivity index (χ0n) is 15.2. The largest absolute Gasteiger partial charge is 0.381 e. The van der Waals surface area contributed by atoms with E-state index in [9.17, 15) is 9.59 Å². The molecule has 9 heteroatoms. The van der Waals surface area contributed by atoms with Crippen LogP contribution in [0.5, 0.6) is 0 Å². The van der Waals surface area contributed by atoms with Crippen molar-refractivity contribution in [2.24, 2.45) is 5.92 Å². The molecular weight excluding hydrogens is 360 g/mol. The van der Waals surface area contributed by atoms with Crippen LogP contribution in [0, 0.1) is 17.2 Å². The molecule has 9 nitrogen and oxygen atoms in total. The zero-order valence-corrected chi connectivity index (χ0v) is 15.2. The molecule has 2 aliphatic rings. The van der Waals surface area contributed by atoms with E-state index in [-0.39, 0.29) is 36.7 Å². The second kappa shape index (κ2) is 7.78. The lowest BCUT2D eigenvalue weighted by atomic mass is 9.90. The molecule has 1 saturated heterocycles. The fourth-order valence-corrected chi connectivity index (χ4v) is 3.74. The minimum Gasteiger partial charge on any atom is -0.381 e. The summed E-state index contributed by atoms with van der Waals surface area (Å²) in [5.74, 6) is 0.664. The fourth-order valence-electron chi connectivity index (χ4n) is 3.74. The first-order valence-corrected chi connectivity index (χ1v) is 9.24. The van der Waals surface area contributed by atoms with Crippen LogP contribution in [0.3, 0.4) is 0 Å². The first-order chi connectivity index (χ1) is 13.7. The van der Waals surface area contributed by atoms with Crippen LogP contribution in [0.1, 0.15) is 24.8 Å². The fraction of sp³-hybridized carbons (Fsp3) is 0.421. The molecule has 0 spiro atoms. The Labute approximate surface area is 161 Å². The number of hydrogen-bond acceptors (Lipinski definition) is 6. The lowest BCUT2D eigenvalue weighted by Crippen LogP contribution is -2.44. The molecule has 1 atom stereocenters. The van der Waals surface area contributed by atoms with Crippen LogP contribution >= 0.6 is 0 Å². The van der Waals surface area contributed by atoms with Gasteiger partial charge in [0, 0.05) is 42.8 Å². The standard InChI is InChI=1S/C19H20N6O3/c20-5-1-16(12-3-7-28-8-4-12)23-19(27)25-11-13(10-22-25)14-2-6-21-18-15(14)9-17(26)24-18/h2,6,10-12,16H,1,3-4,7-9H2,(H,23,27)(H,21,24,26). The Balaban J connectivity index is 1.51. The quantitative estimate of drug-likeness (QED) is 0.833. The van der Waals surface area contributed by atoms with Crippen molar-refractivity contribution in [1.29, 1.82) is 5.26 Å². The topological polar surface area (TPSA) is 122 Å². The maximum atomic E-state index is 12.7. The van der Waals surface area contributed by atoms with E-state index in [1.165, 1.54) is 4.68 Å². The number of nitrogens with one attached hydrogen (secondary N) is 2. The van der Waals surface area contributed by atoms with Gasteiger partial charge in [0.2, 0.25) is 5.91 Å². The summed E-state index contributed by atoms with van der Waals surface area (Å²) in [6.45, 7) is 1.29. The van der Waals surface area contributed by atoms with Gasteiger partial charge in [-0.3, -0.25) is 4.79 Å². The van der Waals surface area contributed by atoms with Crippen LogP contribution in [0.25, 0.3) is 11.1 Å². The molecule has 0 aromatic carbocycles. The Morgan fingerprint density at radius 1 is 1.46 bits per heavy atom. The van der Waals surface area contributed by atoms with Gasteiger partial charge in [-0.2, -0.15) is 15.0 Å². The van der Waals surface area contributed by atoms with E-state index >= 15 is 0 Å². The summed E-state index contributed by atoms with van der Waals surface area (Å²) in [6, 6.07) is 3.35. The molecule has 4 rings (SSSR count). The number of amides is 2. The minimum atomic E-state index is -0.377. The monoisotopic (exact) mass is 380 g/mol. The van der Waals surface area contributed by atoms with Gasteiger partial charge in [0.05, 0.1) is 25.1 Å². The normalized spacial score (nSPS) is 17.5. The molecule has 1 fully saturated rings. The van der Waals surface area contributed by atoms with Gasteiger partial charge >= 0.3 is 6.03 Å². The smallest absolute Gasteiger partial charge is 0.342 e. The van der Waals surface area contributed by atoms with Crippen molar-refractivity contribution in [3.05, 3.63) is 30.2 Å². The van der Waals surface area contributed by atoms with Crippen LogP contribution in [0.2, 0.25) is 0 Å². The molecule has 2 aliphatic heterocycles. The highest BCUT2D eigenvalue weighted by Gasteiger charge is 2.27. The van der Waals surface area contributed by atoms with Crippen molar-refractivity contribution < 1.29 is 14.3 Å². The first kappa shape index (κ1) is 18.1. The van der Waals surface area contributed by atoms with Crippen LogP contribution in [-0.4, -0.2) is 46.0 Å². The van der Waals surface area contributed by atoms with Crippen LogP contribution in [0.4, 0.5) is 10.6 Å². The number of carbonyl (C=O) groups is 2. The molecule has 1 unspecified atom stereocenters. The van der Waals surface area contributed by atoms with Gasteiger partial charge in [-0.25, -0.2) is 9.78 Å². The van der Waals surface area contributed by atoms with E-state index in [1.54, 1.807) is 24.7 Å². The molecule has 0 radical (unpaired) electrons. The van der Waals surface area contributed by atoms with Gasteiger partial charge in [-0.15, -0.1) is 0 Å². The lowest BCUT2D eigenvalue weighted by Gasteiger charge is -2.29. The van der Waals surface area contributed by atoms with Gasteiger partial charge in [-0.05, 0) is 30.4 Å². The molecule has 144 valence electrons. The summed E-state index contributed by atoms with van der Waals surface area (Å²) in [4.78, 5) is 28.5. The molecule has 2 N–H and O–H groups in total. The van der Waals surface area contributed by atoms with Crippen molar-refractivity contribution in [3.63, 3.8) is 0 Å². The number of nitrogens with zero attached hydrogens (tertiary/aromatic N) is 4. The summed E-state index contributed by atoms with van der Waals surface area (Å²) in [5, 5.41) is 18.9. The Morgan fingerprint density at radius 3 is 3.07 bits per heavy atom. The number of nitriles is 1. The summed E-state index contributed by atoms with van der Waals surface area (Å²) in [5.41, 5.74) is 2.35. The highest BCUT2D eigenvalue weighted by atomic mass is 16.5. The van der Waals surface area contributed by atoms with Gasteiger partial charge in [0.25, 0.3) is 0 Å². The van der Waals surface area contributed by atoms with Gasteiger partial charge < -0.3 is 15.4 Å². The van der Waals surface area contributed by atoms with Gasteiger partial charge in [0.15, 0.2) is 0 Å². The molecular formula is C19H20N6O3. The van der Waals surface area contributed by atoms with Crippen molar-refractivity contribution in [3.8, 4) is 17.2 Å². The molecule has 2 aromatic rings. The molecule has 0 aliphatic carbocycles. The summed E-state index contributed by atoms with van der Waals surface area (Å²) >= 11 is 0. The number of fused-ring (bicyclic) bond motifs is 1. The van der Waals surface area contributed by atoms with Crippen molar-refractivity contribution in [2.45, 2.75) is 31.7 Å². The summed E-state index contributed by atoms with van der Waals surface area (Å²) in [7, 11) is 0. The van der Waals surface area contributed by atoms with E-state index < -0.39 is 0 Å². The van der Waals surface area contributed by atoms with Crippen molar-refractivity contribution in [2.75, 3.05) is 18.5 Å². The SMILES string of the molecule is N#CCC(NC(=O)n1cc(-c2ccnc3c2CC(=O)N3)cn1)C1CCOCC1. The third kappa shape index (κ3) is 3.59. The number of anilines is 1. The maximum Gasteiger partial charge on any atom is 0.342 e. The first-order valence-electron chi connectivity index (χ1n) is 9.24. The predicted octanol–water partition coefficient (Wildman–Crippen LogP) is 1.71. The average Bonchev–Trinajstić information content (AvgIpc) is 3.34. The highest BCUT2D eigenvalue weighted by molar-refractivity contribution is 6.00. The Bertz CT molecular complexity index is 941. The van der Waals surface area contributed by atoms with E-state index in [1.807, 2.05) is 0 Å². The third-order valence-electron chi connectivity index (χ3n) is 5.21. The minimum absolute atomic E-state index is 0.101. The van der Waals surface area contributed by atoms with Crippen molar-refractivity contribution in [1.82, 2.24) is 20.1 Å². The molecule has 2 aromatic heterocycles. The third-order valence-corrected chi connectivity index (χ3v) is 5.21. The Kier molecular flexibility index (Phi) is 5.04. The second-order valence-corrected chi connectivity index (χ2v) is 6.95. The summed E-state index contributed by atoms with van der Waals surface area (Å²) < 4.78 is 6.60. The molecule has 0 bridgehead atoms. The van der Waals surface area contributed by atoms with E-state index in [0.717, 1.165) is 29.5 Å². The number of aromatic nitrogens is 3. The maximum absolute atomic E-state index is 12.7. The number of carbonyl (C=O) groups excluding carboxylic acids is 2. The van der Waals surface area contributed by atoms with E-state index in [4.69, 9.17) is 10.00 Å². The molecule has 2 amide bonds. The highest BCUT2D eigenvalue weighted by Crippen LogP contribution is 2.31. The van der Waals surface area contributed by atoms with E-state index in [2.05, 4.69) is 26.8 Å². The predicted molar refractivity (Wildman–Crippen MR) is 99.3 cm³/mol. The van der Waals surface area contributed by atoms with Gasteiger partial charge in [0.1, 0.15) is 5.82 Å². The number of rotatable bonds is 4. The number of ether oxygens (including phenoxy) is 1. The van der Waals surface area contributed by atoms with Gasteiger partial charge in [-0.1, -0.05) is 0 Å². The molecule has 0 saturated carbocycles. The number of pyridine rings is 1. The summed E-state index contributed by atoms with van der Waals surface area (Å²) in [6.07, 6.45) is 6.97. The van der Waals surface area contributed by atoms with Crippen LogP contribution in [-0.2, 0) is 16.0 Å². The van der Waals surface area contributed by atoms with Crippen LogP contribution in [0.15, 0.2) is 24.7 Å². The second-order valence-electron chi connectivity index (χ2n) is 6.95. The van der Waals surface area contributed by atoms with Crippen LogP contribution < -0.4 is 10.6 Å². The molecule has 28 heavy (non-hydrogen) atoms. The lowest BCUT2D eigenvalue weighted by molar-refractivity contribution is -0.115. The van der Waals surface area contributed by atoms with E-state index in [0.29, 0.717) is 19.0 Å². The average molecular weight is 380 g/mol. The Morgan fingerprint density at radius 2 is 2.29 bits per heavy atom.